The SMILES string of the molecule is CCc1ccc2nc(N(Cc3ccccc3)C(=O)c3cc(C)oc3C)sc2c1. The van der Waals surface area contributed by atoms with E-state index in [0.29, 0.717) is 23.0 Å². The van der Waals surface area contributed by atoms with Crippen LogP contribution in [0.4, 0.5) is 5.13 Å². The Labute approximate surface area is 168 Å². The lowest BCUT2D eigenvalue weighted by atomic mass is 10.1. The van der Waals surface area contributed by atoms with Crippen molar-refractivity contribution in [2.75, 3.05) is 4.90 Å². The van der Waals surface area contributed by atoms with Crippen LogP contribution in [-0.4, -0.2) is 10.9 Å². The summed E-state index contributed by atoms with van der Waals surface area (Å²) in [6.07, 6.45) is 0.976. The Kier molecular flexibility index (Phi) is 5.01. The highest BCUT2D eigenvalue weighted by Crippen LogP contribution is 2.32. The van der Waals surface area contributed by atoms with Gasteiger partial charge in [-0.2, -0.15) is 0 Å². The van der Waals surface area contributed by atoms with Crippen molar-refractivity contribution in [2.24, 2.45) is 0 Å². The van der Waals surface area contributed by atoms with Crippen molar-refractivity contribution in [3.8, 4) is 0 Å². The Bertz CT molecular complexity index is 1130. The molecule has 0 aliphatic carbocycles. The fraction of sp³-hybridized carbons (Fsp3) is 0.217. The van der Waals surface area contributed by atoms with Crippen LogP contribution in [-0.2, 0) is 13.0 Å². The molecule has 0 fully saturated rings. The van der Waals surface area contributed by atoms with E-state index in [2.05, 4.69) is 19.1 Å². The summed E-state index contributed by atoms with van der Waals surface area (Å²) in [5.74, 6) is 1.28. The van der Waals surface area contributed by atoms with Gasteiger partial charge in [0.05, 0.1) is 22.3 Å². The van der Waals surface area contributed by atoms with E-state index in [9.17, 15) is 4.79 Å². The van der Waals surface area contributed by atoms with Gasteiger partial charge >= 0.3 is 0 Å². The van der Waals surface area contributed by atoms with Crippen molar-refractivity contribution in [3.63, 3.8) is 0 Å². The van der Waals surface area contributed by atoms with Gasteiger partial charge < -0.3 is 4.42 Å². The van der Waals surface area contributed by atoms with Crippen LogP contribution in [0.2, 0.25) is 0 Å². The lowest BCUT2D eigenvalue weighted by molar-refractivity contribution is 0.0983. The predicted octanol–water partition coefficient (Wildman–Crippen LogP) is 5.92. The zero-order valence-electron chi connectivity index (χ0n) is 16.2. The maximum absolute atomic E-state index is 13.4. The van der Waals surface area contributed by atoms with Gasteiger partial charge in [0, 0.05) is 0 Å². The van der Waals surface area contributed by atoms with Gasteiger partial charge in [-0.05, 0) is 49.6 Å². The maximum Gasteiger partial charge on any atom is 0.263 e. The molecule has 4 rings (SSSR count). The van der Waals surface area contributed by atoms with E-state index >= 15 is 0 Å². The molecule has 0 spiro atoms. The minimum absolute atomic E-state index is 0.0898. The zero-order chi connectivity index (χ0) is 19.7. The first kappa shape index (κ1) is 18.4. The van der Waals surface area contributed by atoms with Crippen molar-refractivity contribution in [1.82, 2.24) is 4.98 Å². The number of carbonyl (C=O) groups is 1. The zero-order valence-corrected chi connectivity index (χ0v) is 17.0. The van der Waals surface area contributed by atoms with Crippen LogP contribution < -0.4 is 4.90 Å². The summed E-state index contributed by atoms with van der Waals surface area (Å²) in [6.45, 7) is 6.28. The Morgan fingerprint density at radius 3 is 2.54 bits per heavy atom. The number of carbonyl (C=O) groups excluding carboxylic acids is 1. The van der Waals surface area contributed by atoms with Crippen molar-refractivity contribution in [2.45, 2.75) is 33.7 Å². The number of rotatable bonds is 5. The third kappa shape index (κ3) is 3.58. The van der Waals surface area contributed by atoms with Gasteiger partial charge in [-0.1, -0.05) is 54.7 Å². The summed E-state index contributed by atoms with van der Waals surface area (Å²) in [5.41, 5.74) is 3.83. The van der Waals surface area contributed by atoms with E-state index in [1.165, 1.54) is 5.56 Å². The third-order valence-electron chi connectivity index (χ3n) is 4.78. The fourth-order valence-corrected chi connectivity index (χ4v) is 4.30. The minimum atomic E-state index is -0.0898. The van der Waals surface area contributed by atoms with E-state index in [1.807, 2.05) is 50.2 Å². The lowest BCUT2D eigenvalue weighted by Crippen LogP contribution is -2.30. The smallest absolute Gasteiger partial charge is 0.263 e. The molecule has 0 saturated carbocycles. The normalized spacial score (nSPS) is 11.1. The summed E-state index contributed by atoms with van der Waals surface area (Å²) >= 11 is 1.55. The molecular formula is C23H22N2O2S. The molecule has 0 aliphatic rings. The number of fused-ring (bicyclic) bond motifs is 1. The molecule has 2 aromatic carbocycles. The number of aryl methyl sites for hydroxylation is 3. The van der Waals surface area contributed by atoms with Gasteiger partial charge in [0.25, 0.3) is 5.91 Å². The second kappa shape index (κ2) is 7.60. The molecule has 0 radical (unpaired) electrons. The summed E-state index contributed by atoms with van der Waals surface area (Å²) in [5, 5.41) is 0.704. The standard InChI is InChI=1S/C23H22N2O2S/c1-4-17-10-11-20-21(13-17)28-23(24-20)25(14-18-8-6-5-7-9-18)22(26)19-12-15(2)27-16(19)3/h5-13H,4,14H2,1-3H3. The number of amides is 1. The van der Waals surface area contributed by atoms with Crippen LogP contribution in [0.15, 0.2) is 59.0 Å². The summed E-state index contributed by atoms with van der Waals surface area (Å²) in [4.78, 5) is 19.9. The van der Waals surface area contributed by atoms with E-state index in [4.69, 9.17) is 9.40 Å². The van der Waals surface area contributed by atoms with Gasteiger partial charge in [-0.25, -0.2) is 4.98 Å². The number of hydrogen-bond acceptors (Lipinski definition) is 4. The number of nitrogens with zero attached hydrogens (tertiary/aromatic N) is 2. The quantitative estimate of drug-likeness (QED) is 0.425. The Hall–Kier alpha value is -2.92. The first-order valence-electron chi connectivity index (χ1n) is 9.37. The summed E-state index contributed by atoms with van der Waals surface area (Å²) in [6, 6.07) is 18.1. The van der Waals surface area contributed by atoms with E-state index < -0.39 is 0 Å². The number of anilines is 1. The average molecular weight is 391 g/mol. The fourth-order valence-electron chi connectivity index (χ4n) is 3.27. The van der Waals surface area contributed by atoms with Crippen LogP contribution in [0, 0.1) is 13.8 Å². The molecule has 4 nitrogen and oxygen atoms in total. The molecule has 0 aliphatic heterocycles. The van der Waals surface area contributed by atoms with Crippen molar-refractivity contribution >= 4 is 32.6 Å². The molecule has 0 atom stereocenters. The van der Waals surface area contributed by atoms with Crippen molar-refractivity contribution in [3.05, 3.63) is 82.8 Å². The molecule has 0 unspecified atom stereocenters. The maximum atomic E-state index is 13.4. The Morgan fingerprint density at radius 1 is 1.07 bits per heavy atom. The Balaban J connectivity index is 1.78. The van der Waals surface area contributed by atoms with Crippen LogP contribution >= 0.6 is 11.3 Å². The Morgan fingerprint density at radius 2 is 1.86 bits per heavy atom. The summed E-state index contributed by atoms with van der Waals surface area (Å²) in [7, 11) is 0. The molecule has 142 valence electrons. The minimum Gasteiger partial charge on any atom is -0.466 e. The topological polar surface area (TPSA) is 46.3 Å². The molecule has 2 aromatic heterocycles. The monoisotopic (exact) mass is 390 g/mol. The third-order valence-corrected chi connectivity index (χ3v) is 5.82. The van der Waals surface area contributed by atoms with Crippen LogP contribution in [0.5, 0.6) is 0 Å². The highest BCUT2D eigenvalue weighted by atomic mass is 32.1. The summed E-state index contributed by atoms with van der Waals surface area (Å²) < 4.78 is 6.69. The highest BCUT2D eigenvalue weighted by molar-refractivity contribution is 7.22. The molecule has 2 heterocycles. The molecule has 1 amide bonds. The lowest BCUT2D eigenvalue weighted by Gasteiger charge is -2.19. The van der Waals surface area contributed by atoms with E-state index in [-0.39, 0.29) is 5.91 Å². The second-order valence-electron chi connectivity index (χ2n) is 6.86. The van der Waals surface area contributed by atoms with E-state index in [1.54, 1.807) is 22.3 Å². The average Bonchev–Trinajstić information content (AvgIpc) is 3.27. The van der Waals surface area contributed by atoms with Gasteiger partial charge in [0.2, 0.25) is 0 Å². The first-order chi connectivity index (χ1) is 13.5. The highest BCUT2D eigenvalue weighted by Gasteiger charge is 2.25. The molecule has 4 aromatic rings. The van der Waals surface area contributed by atoms with Crippen LogP contribution in [0.25, 0.3) is 10.2 Å². The van der Waals surface area contributed by atoms with Crippen molar-refractivity contribution < 1.29 is 9.21 Å². The first-order valence-corrected chi connectivity index (χ1v) is 10.2. The molecule has 0 saturated heterocycles. The second-order valence-corrected chi connectivity index (χ2v) is 7.86. The molecule has 0 N–H and O–H groups in total. The molecule has 28 heavy (non-hydrogen) atoms. The van der Waals surface area contributed by atoms with Crippen molar-refractivity contribution in [1.29, 1.82) is 0 Å². The predicted molar refractivity (Wildman–Crippen MR) is 114 cm³/mol. The number of benzene rings is 2. The molecule has 0 bridgehead atoms. The van der Waals surface area contributed by atoms with Gasteiger partial charge in [0.15, 0.2) is 5.13 Å². The van der Waals surface area contributed by atoms with Gasteiger partial charge in [0.1, 0.15) is 11.5 Å². The number of furan rings is 1. The van der Waals surface area contributed by atoms with Crippen LogP contribution in [0.1, 0.15) is 39.9 Å². The van der Waals surface area contributed by atoms with Gasteiger partial charge in [-0.3, -0.25) is 9.69 Å². The number of thiazole rings is 1. The number of hydrogen-bond donors (Lipinski definition) is 0. The molecular weight excluding hydrogens is 368 g/mol. The molecule has 5 heteroatoms. The van der Waals surface area contributed by atoms with Gasteiger partial charge in [-0.15, -0.1) is 0 Å². The number of aromatic nitrogens is 1. The van der Waals surface area contributed by atoms with Crippen LogP contribution in [0.3, 0.4) is 0 Å². The largest absolute Gasteiger partial charge is 0.466 e. The van der Waals surface area contributed by atoms with E-state index in [0.717, 1.165) is 28.0 Å².